The van der Waals surface area contributed by atoms with Crippen molar-refractivity contribution in [1.29, 1.82) is 0 Å². The highest BCUT2D eigenvalue weighted by Gasteiger charge is 2.27. The van der Waals surface area contributed by atoms with E-state index in [0.29, 0.717) is 0 Å². The van der Waals surface area contributed by atoms with E-state index < -0.39 is 0 Å². The zero-order chi connectivity index (χ0) is 34.1. The van der Waals surface area contributed by atoms with Crippen molar-refractivity contribution in [2.75, 3.05) is 4.90 Å². The van der Waals surface area contributed by atoms with Crippen molar-refractivity contribution in [2.45, 2.75) is 26.2 Å². The third kappa shape index (κ3) is 6.01. The zero-order valence-corrected chi connectivity index (χ0v) is 28.7. The summed E-state index contributed by atoms with van der Waals surface area (Å²) in [6, 6.07) is 64.7. The number of anilines is 3. The first-order valence-corrected chi connectivity index (χ1v) is 17.3. The van der Waals surface area contributed by atoms with Gasteiger partial charge in [-0.05, 0) is 69.6 Å². The third-order valence-electron chi connectivity index (χ3n) is 9.39. The summed E-state index contributed by atoms with van der Waals surface area (Å²) in [6.45, 7) is 6.78. The van der Waals surface area contributed by atoms with E-state index in [4.69, 9.17) is 4.42 Å². The van der Waals surface area contributed by atoms with E-state index in [1.165, 1.54) is 38.8 Å². The predicted molar refractivity (Wildman–Crippen MR) is 211 cm³/mol. The van der Waals surface area contributed by atoms with E-state index in [0.717, 1.165) is 39.5 Å². The summed E-state index contributed by atoms with van der Waals surface area (Å²) in [5, 5.41) is 1.17. The van der Waals surface area contributed by atoms with Crippen LogP contribution in [0, 0.1) is 0 Å². The van der Waals surface area contributed by atoms with Crippen LogP contribution in [0.4, 0.5) is 17.1 Å². The monoisotopic (exact) mass is 645 g/mol. The quantitative estimate of drug-likeness (QED) is 0.171. The molecule has 0 N–H and O–H groups in total. The lowest BCUT2D eigenvalue weighted by Gasteiger charge is -2.28. The van der Waals surface area contributed by atoms with Crippen LogP contribution in [0.1, 0.15) is 26.3 Å². The molecule has 0 aliphatic carbocycles. The average Bonchev–Trinajstić information content (AvgIpc) is 3.57. The molecule has 0 aliphatic heterocycles. The number of hydrogen-bond acceptors (Lipinski definition) is 2. The van der Waals surface area contributed by atoms with Crippen LogP contribution in [0.3, 0.4) is 0 Å². The van der Waals surface area contributed by atoms with E-state index in [2.05, 4.69) is 202 Å². The molecule has 1 aromatic heterocycles. The average molecular weight is 646 g/mol. The fourth-order valence-corrected chi connectivity index (χ4v) is 7.03. The van der Waals surface area contributed by atoms with Crippen molar-refractivity contribution in [3.05, 3.63) is 188 Å². The number of hydrogen-bond donors (Lipinski definition) is 0. The zero-order valence-electron chi connectivity index (χ0n) is 28.7. The van der Waals surface area contributed by atoms with Gasteiger partial charge in [0.1, 0.15) is 11.3 Å². The van der Waals surface area contributed by atoms with Gasteiger partial charge in [-0.3, -0.25) is 0 Å². The molecule has 242 valence electrons. The van der Waals surface area contributed by atoms with Crippen LogP contribution >= 0.6 is 0 Å². The van der Waals surface area contributed by atoms with Crippen LogP contribution in [0.25, 0.3) is 55.7 Å². The molecule has 2 heteroatoms. The summed E-state index contributed by atoms with van der Waals surface area (Å²) in [7, 11) is 0. The van der Waals surface area contributed by atoms with Gasteiger partial charge in [0.05, 0.1) is 5.69 Å². The number of nitrogens with zero attached hydrogens (tertiary/aromatic N) is 1. The van der Waals surface area contributed by atoms with Gasteiger partial charge < -0.3 is 9.32 Å². The van der Waals surface area contributed by atoms with Crippen LogP contribution < -0.4 is 4.90 Å². The van der Waals surface area contributed by atoms with Crippen LogP contribution in [-0.2, 0) is 5.41 Å². The van der Waals surface area contributed by atoms with Gasteiger partial charge in [0.15, 0.2) is 0 Å². The topological polar surface area (TPSA) is 16.4 Å². The van der Waals surface area contributed by atoms with Crippen molar-refractivity contribution in [3.8, 4) is 44.7 Å². The Bertz CT molecular complexity index is 2380. The highest BCUT2D eigenvalue weighted by molar-refractivity contribution is 5.92. The SMILES string of the molecule is CC(C)(C)c1c(-c2cccc(N(c3ccc(-c4ccc(-c5ccccc5)cc4)cc3)c3ccccc3-c3ccccc3)c2)oc2ccccc12. The molecule has 1 heterocycles. The molecule has 0 amide bonds. The van der Waals surface area contributed by atoms with Crippen LogP contribution in [-0.4, -0.2) is 0 Å². The van der Waals surface area contributed by atoms with E-state index in [1.54, 1.807) is 0 Å². The van der Waals surface area contributed by atoms with Crippen LogP contribution in [0.2, 0.25) is 0 Å². The van der Waals surface area contributed by atoms with Crippen molar-refractivity contribution < 1.29 is 4.42 Å². The minimum absolute atomic E-state index is 0.104. The molecule has 7 aromatic carbocycles. The molecule has 0 fully saturated rings. The van der Waals surface area contributed by atoms with Gasteiger partial charge in [-0.25, -0.2) is 0 Å². The van der Waals surface area contributed by atoms with Gasteiger partial charge in [-0.15, -0.1) is 0 Å². The minimum Gasteiger partial charge on any atom is -0.456 e. The van der Waals surface area contributed by atoms with Crippen molar-refractivity contribution >= 4 is 28.0 Å². The largest absolute Gasteiger partial charge is 0.456 e. The van der Waals surface area contributed by atoms with Gasteiger partial charge in [-0.1, -0.05) is 166 Å². The Labute approximate surface area is 294 Å². The smallest absolute Gasteiger partial charge is 0.139 e. The molecular formula is C48H39NO. The molecule has 0 unspecified atom stereocenters. The first-order chi connectivity index (χ1) is 24.4. The first kappa shape index (κ1) is 31.2. The summed E-state index contributed by atoms with van der Waals surface area (Å²) in [5.41, 5.74) is 13.5. The molecule has 8 aromatic rings. The number of fused-ring (bicyclic) bond motifs is 1. The Morgan fingerprint density at radius 2 is 0.940 bits per heavy atom. The maximum absolute atomic E-state index is 6.63. The molecule has 0 radical (unpaired) electrons. The minimum atomic E-state index is -0.104. The summed E-state index contributed by atoms with van der Waals surface area (Å²) in [4.78, 5) is 2.37. The molecule has 0 aliphatic rings. The van der Waals surface area contributed by atoms with E-state index in [-0.39, 0.29) is 5.41 Å². The fraction of sp³-hybridized carbons (Fsp3) is 0.0833. The van der Waals surface area contributed by atoms with E-state index in [1.807, 2.05) is 6.07 Å². The standard InChI is InChI=1S/C48H39NO/c1-48(2,3)46-43-22-11-13-24-45(43)50-47(46)39-19-14-20-41(33-39)49(44-23-12-10-21-42(44)38-17-8-5-9-18-38)40-31-29-37(30-32-40)36-27-25-35(26-28-36)34-15-6-4-7-16-34/h4-33H,1-3H3. The molecule has 50 heavy (non-hydrogen) atoms. The number of furan rings is 1. The number of rotatable bonds is 7. The molecule has 0 saturated carbocycles. The lowest BCUT2D eigenvalue weighted by Crippen LogP contribution is -2.12. The Hall–Kier alpha value is -6.12. The van der Waals surface area contributed by atoms with Gasteiger partial charge >= 0.3 is 0 Å². The molecule has 0 bridgehead atoms. The molecule has 0 atom stereocenters. The van der Waals surface area contributed by atoms with Gasteiger partial charge in [-0.2, -0.15) is 0 Å². The second-order valence-electron chi connectivity index (χ2n) is 13.8. The second-order valence-corrected chi connectivity index (χ2v) is 13.8. The second kappa shape index (κ2) is 13.1. The molecular weight excluding hydrogens is 607 g/mol. The van der Waals surface area contributed by atoms with Crippen molar-refractivity contribution in [2.24, 2.45) is 0 Å². The maximum Gasteiger partial charge on any atom is 0.139 e. The molecule has 8 rings (SSSR count). The Balaban J connectivity index is 1.25. The maximum atomic E-state index is 6.63. The fourth-order valence-electron chi connectivity index (χ4n) is 7.03. The first-order valence-electron chi connectivity index (χ1n) is 17.3. The third-order valence-corrected chi connectivity index (χ3v) is 9.39. The van der Waals surface area contributed by atoms with Crippen molar-refractivity contribution in [1.82, 2.24) is 0 Å². The van der Waals surface area contributed by atoms with E-state index >= 15 is 0 Å². The molecule has 0 saturated heterocycles. The Morgan fingerprint density at radius 1 is 0.420 bits per heavy atom. The summed E-state index contributed by atoms with van der Waals surface area (Å²) < 4.78 is 6.63. The lowest BCUT2D eigenvalue weighted by molar-refractivity contribution is 0.568. The Morgan fingerprint density at radius 3 is 1.60 bits per heavy atom. The van der Waals surface area contributed by atoms with Crippen LogP contribution in [0.5, 0.6) is 0 Å². The summed E-state index contributed by atoms with van der Waals surface area (Å²) >= 11 is 0. The lowest BCUT2D eigenvalue weighted by atomic mass is 9.83. The number of benzene rings is 7. The van der Waals surface area contributed by atoms with E-state index in [9.17, 15) is 0 Å². The van der Waals surface area contributed by atoms with Gasteiger partial charge in [0.2, 0.25) is 0 Å². The highest BCUT2D eigenvalue weighted by Crippen LogP contribution is 2.45. The molecule has 0 spiro atoms. The predicted octanol–water partition coefficient (Wildman–Crippen LogP) is 13.9. The highest BCUT2D eigenvalue weighted by atomic mass is 16.3. The van der Waals surface area contributed by atoms with Crippen LogP contribution in [0.15, 0.2) is 186 Å². The Kier molecular flexibility index (Phi) is 8.14. The summed E-state index contributed by atoms with van der Waals surface area (Å²) in [5.74, 6) is 0.922. The van der Waals surface area contributed by atoms with Gasteiger partial charge in [0, 0.05) is 33.5 Å². The summed E-state index contributed by atoms with van der Waals surface area (Å²) in [6.07, 6.45) is 0. The van der Waals surface area contributed by atoms with Gasteiger partial charge in [0.25, 0.3) is 0 Å². The number of para-hydroxylation sites is 2. The van der Waals surface area contributed by atoms with Crippen molar-refractivity contribution in [3.63, 3.8) is 0 Å². The normalized spacial score (nSPS) is 11.5. The molecule has 2 nitrogen and oxygen atoms in total.